The van der Waals surface area contributed by atoms with Gasteiger partial charge in [0.2, 0.25) is 0 Å². The van der Waals surface area contributed by atoms with Crippen LogP contribution in [0.1, 0.15) is 65.2 Å². The Hall–Kier alpha value is -0.940. The van der Waals surface area contributed by atoms with Crippen molar-refractivity contribution in [1.82, 2.24) is 0 Å². The van der Waals surface area contributed by atoms with E-state index in [0.717, 1.165) is 25.7 Å². The van der Waals surface area contributed by atoms with Crippen molar-refractivity contribution < 1.29 is 42.7 Å². The zero-order valence-corrected chi connectivity index (χ0v) is 22.2. The predicted octanol–water partition coefficient (Wildman–Crippen LogP) is 3.40. The average Bonchev–Trinajstić information content (AvgIpc) is 2.86. The number of ether oxygens (including phenoxy) is 7. The molecular formula is C26H50O9. The van der Waals surface area contributed by atoms with E-state index in [1.807, 2.05) is 6.92 Å². The summed E-state index contributed by atoms with van der Waals surface area (Å²) in [5.74, 6) is 0.489. The van der Waals surface area contributed by atoms with Gasteiger partial charge in [0.05, 0.1) is 79.3 Å². The van der Waals surface area contributed by atoms with Crippen LogP contribution in [-0.2, 0) is 42.7 Å². The summed E-state index contributed by atoms with van der Waals surface area (Å²) in [5.41, 5.74) is 0. The minimum absolute atomic E-state index is 0.222. The van der Waals surface area contributed by atoms with E-state index < -0.39 is 0 Å². The summed E-state index contributed by atoms with van der Waals surface area (Å²) in [6.07, 6.45) is 5.88. The fourth-order valence-electron chi connectivity index (χ4n) is 2.87. The maximum atomic E-state index is 11.8. The molecule has 0 aliphatic rings. The lowest BCUT2D eigenvalue weighted by atomic mass is 10.1. The number of ketones is 2. The molecule has 0 spiro atoms. The molecule has 0 amide bonds. The van der Waals surface area contributed by atoms with Gasteiger partial charge in [-0.15, -0.1) is 0 Å². The third kappa shape index (κ3) is 29.2. The Balaban J connectivity index is 3.16. The number of Topliss-reactive ketones (excluding diaryl/α,β-unsaturated/α-hetero) is 2. The van der Waals surface area contributed by atoms with Gasteiger partial charge in [-0.25, -0.2) is 0 Å². The molecule has 0 bridgehead atoms. The average molecular weight is 507 g/mol. The van der Waals surface area contributed by atoms with Crippen LogP contribution in [0.25, 0.3) is 0 Å². The summed E-state index contributed by atoms with van der Waals surface area (Å²) in [7, 11) is 0. The second kappa shape index (κ2) is 29.3. The van der Waals surface area contributed by atoms with Crippen molar-refractivity contribution >= 4 is 11.6 Å². The summed E-state index contributed by atoms with van der Waals surface area (Å²) in [5, 5.41) is 0. The maximum absolute atomic E-state index is 11.8. The van der Waals surface area contributed by atoms with Crippen molar-refractivity contribution in [3.05, 3.63) is 0 Å². The SMILES string of the molecule is CCCCC(=O)CCOCCOCCOCCOCCOCCC(=O)CCCCOCCOCC. The lowest BCUT2D eigenvalue weighted by Crippen LogP contribution is -2.14. The van der Waals surface area contributed by atoms with E-state index in [1.165, 1.54) is 0 Å². The molecule has 0 aromatic heterocycles. The van der Waals surface area contributed by atoms with Crippen LogP contribution in [-0.4, -0.2) is 104 Å². The lowest BCUT2D eigenvalue weighted by molar-refractivity contribution is -0.121. The molecule has 0 atom stereocenters. The molecule has 0 saturated heterocycles. The molecule has 0 aromatic rings. The molecular weight excluding hydrogens is 456 g/mol. The van der Waals surface area contributed by atoms with E-state index in [2.05, 4.69) is 6.92 Å². The minimum Gasteiger partial charge on any atom is -0.379 e. The highest BCUT2D eigenvalue weighted by molar-refractivity contribution is 5.78. The molecule has 0 N–H and O–H groups in total. The first-order valence-electron chi connectivity index (χ1n) is 13.3. The largest absolute Gasteiger partial charge is 0.379 e. The molecule has 0 fully saturated rings. The van der Waals surface area contributed by atoms with Crippen LogP contribution in [0.2, 0.25) is 0 Å². The topological polar surface area (TPSA) is 98.8 Å². The van der Waals surface area contributed by atoms with Crippen LogP contribution in [0.3, 0.4) is 0 Å². The summed E-state index contributed by atoms with van der Waals surface area (Å²) in [6.45, 7) is 11.4. The van der Waals surface area contributed by atoms with Gasteiger partial charge >= 0.3 is 0 Å². The Kier molecular flexibility index (Phi) is 28.5. The molecule has 0 heterocycles. The standard InChI is InChI=1S/C26H50O9/c1-3-5-8-25(27)10-13-31-17-19-33-21-23-35-24-22-34-20-18-32-14-11-26(28)9-6-7-12-30-16-15-29-4-2/h3-24H2,1-2H3. The van der Waals surface area contributed by atoms with Crippen LogP contribution in [0.15, 0.2) is 0 Å². The molecule has 0 aromatic carbocycles. The Morgan fingerprint density at radius 2 is 0.771 bits per heavy atom. The van der Waals surface area contributed by atoms with Crippen LogP contribution in [0.4, 0.5) is 0 Å². The normalized spacial score (nSPS) is 11.3. The first kappa shape index (κ1) is 34.1. The van der Waals surface area contributed by atoms with Gasteiger partial charge in [0, 0.05) is 38.9 Å². The van der Waals surface area contributed by atoms with E-state index in [9.17, 15) is 9.59 Å². The molecule has 208 valence electrons. The van der Waals surface area contributed by atoms with Gasteiger partial charge in [-0.1, -0.05) is 13.3 Å². The summed E-state index contributed by atoms with van der Waals surface area (Å²) < 4.78 is 37.7. The zero-order valence-electron chi connectivity index (χ0n) is 22.2. The Morgan fingerprint density at radius 3 is 1.20 bits per heavy atom. The van der Waals surface area contributed by atoms with Crippen LogP contribution < -0.4 is 0 Å². The van der Waals surface area contributed by atoms with E-state index in [-0.39, 0.29) is 11.6 Å². The maximum Gasteiger partial charge on any atom is 0.135 e. The second-order valence-corrected chi connectivity index (χ2v) is 8.01. The summed E-state index contributed by atoms with van der Waals surface area (Å²) >= 11 is 0. The lowest BCUT2D eigenvalue weighted by Gasteiger charge is -2.08. The fourth-order valence-corrected chi connectivity index (χ4v) is 2.87. The number of rotatable bonds is 30. The van der Waals surface area contributed by atoms with Gasteiger partial charge in [0.1, 0.15) is 11.6 Å². The van der Waals surface area contributed by atoms with Gasteiger partial charge in [0.25, 0.3) is 0 Å². The molecule has 0 aliphatic heterocycles. The van der Waals surface area contributed by atoms with E-state index in [0.29, 0.717) is 118 Å². The number of hydrogen-bond donors (Lipinski definition) is 0. The number of unbranched alkanes of at least 4 members (excludes halogenated alkanes) is 2. The first-order chi connectivity index (χ1) is 17.2. The monoisotopic (exact) mass is 506 g/mol. The van der Waals surface area contributed by atoms with Crippen molar-refractivity contribution in [1.29, 1.82) is 0 Å². The number of hydrogen-bond acceptors (Lipinski definition) is 9. The zero-order chi connectivity index (χ0) is 25.7. The van der Waals surface area contributed by atoms with E-state index in [1.54, 1.807) is 0 Å². The van der Waals surface area contributed by atoms with Crippen LogP contribution >= 0.6 is 0 Å². The van der Waals surface area contributed by atoms with E-state index >= 15 is 0 Å². The van der Waals surface area contributed by atoms with Gasteiger partial charge in [0.15, 0.2) is 0 Å². The Morgan fingerprint density at radius 1 is 0.400 bits per heavy atom. The quantitative estimate of drug-likeness (QED) is 0.136. The van der Waals surface area contributed by atoms with Crippen molar-refractivity contribution in [2.24, 2.45) is 0 Å². The molecule has 0 aliphatic carbocycles. The molecule has 35 heavy (non-hydrogen) atoms. The third-order valence-corrected chi connectivity index (χ3v) is 4.92. The van der Waals surface area contributed by atoms with Crippen molar-refractivity contribution in [3.8, 4) is 0 Å². The van der Waals surface area contributed by atoms with Crippen molar-refractivity contribution in [3.63, 3.8) is 0 Å². The molecule has 0 unspecified atom stereocenters. The highest BCUT2D eigenvalue weighted by Crippen LogP contribution is 2.01. The van der Waals surface area contributed by atoms with Crippen molar-refractivity contribution in [2.75, 3.05) is 92.5 Å². The van der Waals surface area contributed by atoms with E-state index in [4.69, 9.17) is 33.2 Å². The molecule has 9 heteroatoms. The minimum atomic E-state index is 0.222. The second-order valence-electron chi connectivity index (χ2n) is 8.01. The number of carbonyl (C=O) groups excluding carboxylic acids is 2. The van der Waals surface area contributed by atoms with Crippen LogP contribution in [0, 0.1) is 0 Å². The van der Waals surface area contributed by atoms with Gasteiger partial charge < -0.3 is 33.2 Å². The summed E-state index contributed by atoms with van der Waals surface area (Å²) in [6, 6.07) is 0. The van der Waals surface area contributed by atoms with Gasteiger partial charge in [-0.2, -0.15) is 0 Å². The molecule has 9 nitrogen and oxygen atoms in total. The number of carbonyl (C=O) groups is 2. The van der Waals surface area contributed by atoms with Crippen molar-refractivity contribution in [2.45, 2.75) is 65.2 Å². The highest BCUT2D eigenvalue weighted by Gasteiger charge is 2.03. The highest BCUT2D eigenvalue weighted by atomic mass is 16.6. The smallest absolute Gasteiger partial charge is 0.135 e. The Labute approximate surface area is 212 Å². The first-order valence-corrected chi connectivity index (χ1v) is 13.3. The molecule has 0 radical (unpaired) electrons. The Bertz CT molecular complexity index is 460. The van der Waals surface area contributed by atoms with Gasteiger partial charge in [-0.05, 0) is 26.2 Å². The third-order valence-electron chi connectivity index (χ3n) is 4.92. The molecule has 0 rings (SSSR count). The van der Waals surface area contributed by atoms with Gasteiger partial charge in [-0.3, -0.25) is 9.59 Å². The fraction of sp³-hybridized carbons (Fsp3) is 0.923. The summed E-state index contributed by atoms with van der Waals surface area (Å²) in [4.78, 5) is 23.3. The predicted molar refractivity (Wildman–Crippen MR) is 134 cm³/mol. The van der Waals surface area contributed by atoms with Crippen LogP contribution in [0.5, 0.6) is 0 Å². The molecule has 0 saturated carbocycles.